The fraction of sp³-hybridized carbons (Fsp3) is 0.333. The van der Waals surface area contributed by atoms with E-state index in [-0.39, 0.29) is 16.8 Å². The van der Waals surface area contributed by atoms with Crippen molar-refractivity contribution in [2.45, 2.75) is 13.0 Å². The van der Waals surface area contributed by atoms with E-state index in [0.29, 0.717) is 5.02 Å². The Labute approximate surface area is 87.5 Å². The minimum absolute atomic E-state index is 0.0507. The Morgan fingerprint density at radius 1 is 1.38 bits per heavy atom. The zero-order valence-corrected chi connectivity index (χ0v) is 8.95. The van der Waals surface area contributed by atoms with E-state index < -0.39 is 0 Å². The third-order valence-electron chi connectivity index (χ3n) is 2.00. The molecule has 0 aliphatic heterocycles. The number of halogens is 2. The molecule has 0 fully saturated rings. The summed E-state index contributed by atoms with van der Waals surface area (Å²) in [5.74, 6) is 0.0519. The van der Waals surface area contributed by atoms with Crippen molar-refractivity contribution < 1.29 is 5.11 Å². The van der Waals surface area contributed by atoms with Gasteiger partial charge in [-0.3, -0.25) is 0 Å². The van der Waals surface area contributed by atoms with Crippen molar-refractivity contribution in [1.29, 1.82) is 0 Å². The van der Waals surface area contributed by atoms with Gasteiger partial charge in [-0.05, 0) is 20.0 Å². The molecule has 0 radical (unpaired) electrons. The van der Waals surface area contributed by atoms with Crippen LogP contribution in [0.1, 0.15) is 18.5 Å². The van der Waals surface area contributed by atoms with Crippen molar-refractivity contribution in [2.24, 2.45) is 0 Å². The molecule has 13 heavy (non-hydrogen) atoms. The molecule has 0 aliphatic rings. The summed E-state index contributed by atoms with van der Waals surface area (Å²) in [4.78, 5) is 0. The zero-order valence-electron chi connectivity index (χ0n) is 7.44. The highest BCUT2D eigenvalue weighted by atomic mass is 35.5. The molecule has 0 saturated carbocycles. The van der Waals surface area contributed by atoms with Crippen LogP contribution in [0.2, 0.25) is 10.0 Å². The van der Waals surface area contributed by atoms with Gasteiger partial charge in [-0.25, -0.2) is 0 Å². The predicted molar refractivity (Wildman–Crippen MR) is 55.6 cm³/mol. The Morgan fingerprint density at radius 2 is 2.00 bits per heavy atom. The van der Waals surface area contributed by atoms with Gasteiger partial charge in [0, 0.05) is 11.6 Å². The van der Waals surface area contributed by atoms with Crippen molar-refractivity contribution in [1.82, 2.24) is 5.32 Å². The largest absolute Gasteiger partial charge is 0.506 e. The molecule has 1 aromatic carbocycles. The molecule has 2 nitrogen and oxygen atoms in total. The van der Waals surface area contributed by atoms with Crippen LogP contribution in [0.5, 0.6) is 5.75 Å². The minimum atomic E-state index is 0.0507. The molecule has 0 amide bonds. The average Bonchev–Trinajstić information content (AvgIpc) is 2.13. The van der Waals surface area contributed by atoms with Crippen molar-refractivity contribution >= 4 is 23.2 Å². The topological polar surface area (TPSA) is 32.3 Å². The SMILES string of the molecule is CNC(C)c1ccc(Cl)c(Cl)c1O. The molecule has 0 spiro atoms. The monoisotopic (exact) mass is 219 g/mol. The first kappa shape index (κ1) is 10.6. The second kappa shape index (κ2) is 4.18. The number of hydrogen-bond donors (Lipinski definition) is 2. The van der Waals surface area contributed by atoms with Crippen molar-refractivity contribution in [3.63, 3.8) is 0 Å². The van der Waals surface area contributed by atoms with Crippen molar-refractivity contribution in [3.8, 4) is 5.75 Å². The fourth-order valence-electron chi connectivity index (χ4n) is 1.06. The van der Waals surface area contributed by atoms with Gasteiger partial charge < -0.3 is 10.4 Å². The molecule has 1 rings (SSSR count). The second-order valence-electron chi connectivity index (χ2n) is 2.81. The number of aromatic hydroxyl groups is 1. The summed E-state index contributed by atoms with van der Waals surface area (Å²) in [7, 11) is 1.81. The molecular formula is C9H11Cl2NO. The molecule has 1 atom stereocenters. The van der Waals surface area contributed by atoms with E-state index in [2.05, 4.69) is 5.32 Å². The van der Waals surface area contributed by atoms with Crippen LogP contribution in [0.4, 0.5) is 0 Å². The standard InChI is InChI=1S/C9H11Cl2NO/c1-5(12-2)6-3-4-7(10)8(11)9(6)13/h3-5,12-13H,1-2H3. The first-order valence-corrected chi connectivity index (χ1v) is 4.67. The number of rotatable bonds is 2. The van der Waals surface area contributed by atoms with E-state index in [1.807, 2.05) is 14.0 Å². The van der Waals surface area contributed by atoms with Crippen LogP contribution in [0.3, 0.4) is 0 Å². The Morgan fingerprint density at radius 3 is 2.54 bits per heavy atom. The second-order valence-corrected chi connectivity index (χ2v) is 3.59. The summed E-state index contributed by atoms with van der Waals surface area (Å²) in [6, 6.07) is 3.48. The summed E-state index contributed by atoms with van der Waals surface area (Å²) < 4.78 is 0. The van der Waals surface area contributed by atoms with Gasteiger partial charge >= 0.3 is 0 Å². The number of phenolic OH excluding ortho intramolecular Hbond substituents is 1. The Balaban J connectivity index is 3.18. The molecule has 0 bridgehead atoms. The lowest BCUT2D eigenvalue weighted by Crippen LogP contribution is -2.12. The first-order valence-electron chi connectivity index (χ1n) is 3.92. The van der Waals surface area contributed by atoms with Crippen LogP contribution in [-0.4, -0.2) is 12.2 Å². The van der Waals surface area contributed by atoms with Crippen molar-refractivity contribution in [3.05, 3.63) is 27.7 Å². The number of benzene rings is 1. The van der Waals surface area contributed by atoms with Crippen LogP contribution in [-0.2, 0) is 0 Å². The van der Waals surface area contributed by atoms with Gasteiger partial charge in [0.1, 0.15) is 10.8 Å². The fourth-order valence-corrected chi connectivity index (χ4v) is 1.38. The molecule has 0 aliphatic carbocycles. The zero-order chi connectivity index (χ0) is 10.0. The summed E-state index contributed by atoms with van der Waals surface area (Å²) >= 11 is 11.5. The van der Waals surface area contributed by atoms with Crippen LogP contribution >= 0.6 is 23.2 Å². The maximum atomic E-state index is 9.62. The summed E-state index contributed by atoms with van der Waals surface area (Å²) in [5.41, 5.74) is 0.747. The number of hydrogen-bond acceptors (Lipinski definition) is 2. The normalized spacial score (nSPS) is 12.9. The Kier molecular flexibility index (Phi) is 3.42. The highest BCUT2D eigenvalue weighted by Gasteiger charge is 2.13. The van der Waals surface area contributed by atoms with E-state index >= 15 is 0 Å². The molecule has 1 aromatic rings. The highest BCUT2D eigenvalue weighted by Crippen LogP contribution is 2.36. The minimum Gasteiger partial charge on any atom is -0.506 e. The summed E-state index contributed by atoms with van der Waals surface area (Å²) in [6.07, 6.45) is 0. The highest BCUT2D eigenvalue weighted by molar-refractivity contribution is 6.43. The van der Waals surface area contributed by atoms with Gasteiger partial charge in [-0.2, -0.15) is 0 Å². The molecule has 1 unspecified atom stereocenters. The number of phenols is 1. The van der Waals surface area contributed by atoms with Crippen LogP contribution in [0, 0.1) is 0 Å². The van der Waals surface area contributed by atoms with E-state index in [1.54, 1.807) is 12.1 Å². The van der Waals surface area contributed by atoms with Gasteiger partial charge in [0.15, 0.2) is 0 Å². The summed E-state index contributed by atoms with van der Waals surface area (Å²) in [6.45, 7) is 1.93. The van der Waals surface area contributed by atoms with E-state index in [1.165, 1.54) is 0 Å². The van der Waals surface area contributed by atoms with Gasteiger partial charge in [0.25, 0.3) is 0 Å². The molecule has 0 aromatic heterocycles. The van der Waals surface area contributed by atoms with Gasteiger partial charge in [-0.1, -0.05) is 29.3 Å². The van der Waals surface area contributed by atoms with Crippen LogP contribution < -0.4 is 5.32 Å². The Bertz CT molecular complexity index is 315. The van der Waals surface area contributed by atoms with Crippen molar-refractivity contribution in [2.75, 3.05) is 7.05 Å². The average molecular weight is 220 g/mol. The summed E-state index contributed by atoms with van der Waals surface area (Å²) in [5, 5.41) is 13.2. The molecule has 4 heteroatoms. The third kappa shape index (κ3) is 2.08. The van der Waals surface area contributed by atoms with Gasteiger partial charge in [-0.15, -0.1) is 0 Å². The number of nitrogens with one attached hydrogen (secondary N) is 1. The quantitative estimate of drug-likeness (QED) is 0.802. The van der Waals surface area contributed by atoms with E-state index in [0.717, 1.165) is 5.56 Å². The molecule has 72 valence electrons. The first-order chi connectivity index (χ1) is 6.07. The van der Waals surface area contributed by atoms with Crippen LogP contribution in [0.25, 0.3) is 0 Å². The lowest BCUT2D eigenvalue weighted by Gasteiger charge is -2.13. The smallest absolute Gasteiger partial charge is 0.140 e. The maximum absolute atomic E-state index is 9.62. The molecular weight excluding hydrogens is 209 g/mol. The maximum Gasteiger partial charge on any atom is 0.140 e. The van der Waals surface area contributed by atoms with Crippen LogP contribution in [0.15, 0.2) is 12.1 Å². The lowest BCUT2D eigenvalue weighted by molar-refractivity contribution is 0.458. The predicted octanol–water partition coefficient (Wildman–Crippen LogP) is 2.98. The van der Waals surface area contributed by atoms with E-state index in [4.69, 9.17) is 23.2 Å². The molecule has 0 saturated heterocycles. The van der Waals surface area contributed by atoms with Gasteiger partial charge in [0.05, 0.1) is 5.02 Å². The lowest BCUT2D eigenvalue weighted by atomic mass is 10.1. The van der Waals surface area contributed by atoms with Gasteiger partial charge in [0.2, 0.25) is 0 Å². The Hall–Kier alpha value is -0.440. The molecule has 2 N–H and O–H groups in total. The van der Waals surface area contributed by atoms with E-state index in [9.17, 15) is 5.11 Å². The molecule has 0 heterocycles. The third-order valence-corrected chi connectivity index (χ3v) is 2.79.